The largest absolute Gasteiger partial charge is 0.356 e. The van der Waals surface area contributed by atoms with E-state index in [1.165, 1.54) is 0 Å². The van der Waals surface area contributed by atoms with Crippen LogP contribution in [0.1, 0.15) is 11.1 Å². The van der Waals surface area contributed by atoms with Gasteiger partial charge in [0.15, 0.2) is 5.76 Å². The zero-order valence-corrected chi connectivity index (χ0v) is 14.1. The molecule has 0 aliphatic heterocycles. The third-order valence-corrected chi connectivity index (χ3v) is 3.84. The van der Waals surface area contributed by atoms with Crippen molar-refractivity contribution in [2.45, 2.75) is 19.6 Å². The molecule has 2 aromatic heterocycles. The first-order chi connectivity index (χ1) is 11.7. The third kappa shape index (κ3) is 3.85. The Balaban J connectivity index is 1.68. The lowest BCUT2D eigenvalue weighted by atomic mass is 10.1. The van der Waals surface area contributed by atoms with Gasteiger partial charge in [0.25, 0.3) is 0 Å². The molecule has 0 amide bonds. The van der Waals surface area contributed by atoms with E-state index in [2.05, 4.69) is 21.1 Å². The van der Waals surface area contributed by atoms with Gasteiger partial charge in [-0.2, -0.15) is 5.10 Å². The van der Waals surface area contributed by atoms with E-state index in [4.69, 9.17) is 22.5 Å². The molecule has 0 spiro atoms. The molecule has 0 aliphatic rings. The smallest absolute Gasteiger partial charge is 0.171 e. The summed E-state index contributed by atoms with van der Waals surface area (Å²) in [5, 5.41) is 8.87. The minimum atomic E-state index is 0.482. The molecular weight excluding hydrogens is 324 g/mol. The van der Waals surface area contributed by atoms with E-state index in [9.17, 15) is 0 Å². The summed E-state index contributed by atoms with van der Waals surface area (Å²) in [6.45, 7) is 1.95. The van der Waals surface area contributed by atoms with Gasteiger partial charge < -0.3 is 4.52 Å². The van der Waals surface area contributed by atoms with Crippen LogP contribution in [0.25, 0.3) is 11.3 Å². The lowest BCUT2D eigenvalue weighted by Gasteiger charge is -2.15. The number of nitrogens with zero attached hydrogens (tertiary/aromatic N) is 4. The van der Waals surface area contributed by atoms with Crippen LogP contribution in [-0.4, -0.2) is 26.9 Å². The second-order valence-corrected chi connectivity index (χ2v) is 6.05. The zero-order chi connectivity index (χ0) is 16.9. The fraction of sp³-hybridized carbons (Fsp3) is 0.222. The molecule has 0 bridgehead atoms. The molecule has 0 atom stereocenters. The molecule has 0 saturated heterocycles. The predicted octanol–water partition coefficient (Wildman–Crippen LogP) is 3.46. The highest BCUT2D eigenvalue weighted by Crippen LogP contribution is 2.26. The monoisotopic (exact) mass is 340 g/mol. The molecule has 0 N–H and O–H groups in total. The quantitative estimate of drug-likeness (QED) is 0.645. The summed E-state index contributed by atoms with van der Waals surface area (Å²) in [7, 11) is 2.04. The second kappa shape index (κ2) is 7.35. The van der Waals surface area contributed by atoms with Crippen molar-refractivity contribution in [1.29, 1.82) is 0 Å². The summed E-state index contributed by atoms with van der Waals surface area (Å²) < 4.78 is 7.17. The van der Waals surface area contributed by atoms with Crippen LogP contribution < -0.4 is 0 Å². The van der Waals surface area contributed by atoms with Crippen LogP contribution in [0.2, 0.25) is 5.02 Å². The van der Waals surface area contributed by atoms with Crippen LogP contribution >= 0.6 is 11.6 Å². The number of rotatable bonds is 6. The molecule has 122 valence electrons. The van der Waals surface area contributed by atoms with Crippen LogP contribution in [0.3, 0.4) is 0 Å². The molecule has 3 rings (SSSR count). The molecule has 1 aromatic carbocycles. The Morgan fingerprint density at radius 1 is 1.25 bits per heavy atom. The maximum absolute atomic E-state index is 5.94. The van der Waals surface area contributed by atoms with E-state index in [0.29, 0.717) is 18.1 Å². The number of hydrogen-bond donors (Lipinski definition) is 0. The number of benzene rings is 1. The fourth-order valence-corrected chi connectivity index (χ4v) is 2.66. The van der Waals surface area contributed by atoms with Gasteiger partial charge in [-0.15, -0.1) is 6.42 Å². The first kappa shape index (κ1) is 16.3. The molecule has 6 heteroatoms. The summed E-state index contributed by atoms with van der Waals surface area (Å²) in [6.07, 6.45) is 10.8. The van der Waals surface area contributed by atoms with Crippen LogP contribution in [0, 0.1) is 12.3 Å². The molecule has 0 radical (unpaired) electrons. The van der Waals surface area contributed by atoms with E-state index >= 15 is 0 Å². The van der Waals surface area contributed by atoms with Crippen molar-refractivity contribution in [2.24, 2.45) is 0 Å². The van der Waals surface area contributed by atoms with Gasteiger partial charge in [0.2, 0.25) is 0 Å². The van der Waals surface area contributed by atoms with Gasteiger partial charge in [0.05, 0.1) is 12.4 Å². The fourth-order valence-electron chi connectivity index (χ4n) is 2.54. The topological polar surface area (TPSA) is 47.1 Å². The van der Waals surface area contributed by atoms with Gasteiger partial charge in [-0.3, -0.25) is 9.58 Å². The Kier molecular flexibility index (Phi) is 4.99. The van der Waals surface area contributed by atoms with Gasteiger partial charge in [-0.1, -0.05) is 22.7 Å². The van der Waals surface area contributed by atoms with Crippen molar-refractivity contribution in [1.82, 2.24) is 19.8 Å². The molecule has 24 heavy (non-hydrogen) atoms. The van der Waals surface area contributed by atoms with E-state index in [0.717, 1.165) is 29.0 Å². The van der Waals surface area contributed by atoms with Crippen LogP contribution in [0.15, 0.2) is 47.4 Å². The van der Waals surface area contributed by atoms with Crippen LogP contribution in [-0.2, 0) is 19.6 Å². The highest BCUT2D eigenvalue weighted by molar-refractivity contribution is 6.30. The summed E-state index contributed by atoms with van der Waals surface area (Å²) in [4.78, 5) is 2.17. The van der Waals surface area contributed by atoms with Crippen molar-refractivity contribution in [3.05, 3.63) is 59.0 Å². The van der Waals surface area contributed by atoms with Crippen LogP contribution in [0.4, 0.5) is 0 Å². The van der Waals surface area contributed by atoms with Gasteiger partial charge >= 0.3 is 0 Å². The van der Waals surface area contributed by atoms with Gasteiger partial charge in [0, 0.05) is 41.0 Å². The lowest BCUT2D eigenvalue weighted by molar-refractivity contribution is 0.318. The molecule has 3 aromatic rings. The van der Waals surface area contributed by atoms with Gasteiger partial charge in [-0.05, 0) is 31.3 Å². The maximum Gasteiger partial charge on any atom is 0.171 e. The number of terminal acetylenes is 1. The van der Waals surface area contributed by atoms with E-state index < -0.39 is 0 Å². The number of aromatic nitrogens is 3. The Labute approximate surface area is 145 Å². The average Bonchev–Trinajstić information content (AvgIpc) is 3.18. The highest BCUT2D eigenvalue weighted by atomic mass is 35.5. The molecule has 0 unspecified atom stereocenters. The first-order valence-electron chi connectivity index (χ1n) is 7.48. The summed E-state index contributed by atoms with van der Waals surface area (Å²) in [5.74, 6) is 3.34. The van der Waals surface area contributed by atoms with Gasteiger partial charge in [0.1, 0.15) is 6.54 Å². The summed E-state index contributed by atoms with van der Waals surface area (Å²) in [6, 6.07) is 7.53. The number of halogens is 1. The second-order valence-electron chi connectivity index (χ2n) is 5.61. The van der Waals surface area contributed by atoms with E-state index in [-0.39, 0.29) is 0 Å². The Morgan fingerprint density at radius 2 is 2.04 bits per heavy atom. The molecule has 5 nitrogen and oxygen atoms in total. The zero-order valence-electron chi connectivity index (χ0n) is 13.3. The Bertz CT molecular complexity index is 845. The SMILES string of the molecule is C#CCn1cc(CN(C)Cc2cnoc2-c2ccc(Cl)cc2)cn1. The highest BCUT2D eigenvalue weighted by Gasteiger charge is 2.13. The van der Waals surface area contributed by atoms with Crippen LogP contribution in [0.5, 0.6) is 0 Å². The maximum atomic E-state index is 5.94. The lowest BCUT2D eigenvalue weighted by Crippen LogP contribution is -2.17. The molecule has 0 aliphatic carbocycles. The molecule has 2 heterocycles. The van der Waals surface area contributed by atoms with E-state index in [1.54, 1.807) is 10.9 Å². The standard InChI is InChI=1S/C18H17ClN4O/c1-3-8-23-12-14(9-20-23)11-22(2)13-16-10-21-24-18(16)15-4-6-17(19)7-5-15/h1,4-7,9-10,12H,8,11,13H2,2H3. The molecular formula is C18H17ClN4O. The predicted molar refractivity (Wildman–Crippen MR) is 93.2 cm³/mol. The molecule has 0 saturated carbocycles. The van der Waals surface area contributed by atoms with Gasteiger partial charge in [-0.25, -0.2) is 0 Å². The van der Waals surface area contributed by atoms with Crippen molar-refractivity contribution in [3.8, 4) is 23.7 Å². The van der Waals surface area contributed by atoms with Crippen molar-refractivity contribution >= 4 is 11.6 Å². The summed E-state index contributed by atoms with van der Waals surface area (Å²) in [5.41, 5.74) is 3.09. The summed E-state index contributed by atoms with van der Waals surface area (Å²) >= 11 is 5.94. The van der Waals surface area contributed by atoms with E-state index in [1.807, 2.05) is 43.7 Å². The average molecular weight is 341 g/mol. The van der Waals surface area contributed by atoms with Crippen molar-refractivity contribution < 1.29 is 4.52 Å². The Morgan fingerprint density at radius 3 is 2.79 bits per heavy atom. The third-order valence-electron chi connectivity index (χ3n) is 3.58. The molecule has 0 fully saturated rings. The normalized spacial score (nSPS) is 10.9. The first-order valence-corrected chi connectivity index (χ1v) is 7.86. The Hall–Kier alpha value is -2.55. The van der Waals surface area contributed by atoms with Crippen molar-refractivity contribution in [3.63, 3.8) is 0 Å². The minimum absolute atomic E-state index is 0.482. The number of hydrogen-bond acceptors (Lipinski definition) is 4. The minimum Gasteiger partial charge on any atom is -0.356 e. The van der Waals surface area contributed by atoms with Crippen molar-refractivity contribution in [2.75, 3.05) is 7.05 Å².